The standard InChI is InChI=1S/C8H18O.Cl2O/c1-7(2,3)9-8(4,5)6;1-3-2/h1-6H3;. The van der Waals surface area contributed by atoms with Crippen molar-refractivity contribution in [3.8, 4) is 0 Å². The van der Waals surface area contributed by atoms with E-state index in [-0.39, 0.29) is 11.2 Å². The SMILES string of the molecule is CC(C)(C)OC(C)(C)C.ClOCl. The minimum atomic E-state index is -0.0156. The molecule has 0 spiro atoms. The molecule has 0 atom stereocenters. The number of rotatable bonds is 0. The fraction of sp³-hybridized carbons (Fsp3) is 1.00. The number of hydrogen-bond acceptors (Lipinski definition) is 2. The predicted molar refractivity (Wildman–Crippen MR) is 53.4 cm³/mol. The van der Waals surface area contributed by atoms with E-state index >= 15 is 0 Å². The highest BCUT2D eigenvalue weighted by atomic mass is 35.6. The van der Waals surface area contributed by atoms with Crippen LogP contribution in [0.15, 0.2) is 0 Å². The van der Waals surface area contributed by atoms with Gasteiger partial charge >= 0.3 is 0 Å². The summed E-state index contributed by atoms with van der Waals surface area (Å²) in [6, 6.07) is 0. The quantitative estimate of drug-likeness (QED) is 0.612. The van der Waals surface area contributed by atoms with Crippen molar-refractivity contribution in [3.63, 3.8) is 0 Å². The molecule has 0 unspecified atom stereocenters. The Kier molecular flexibility index (Phi) is 7.54. The molecule has 2 nitrogen and oxygen atoms in total. The Bertz CT molecular complexity index is 90.6. The molecule has 0 aliphatic carbocycles. The van der Waals surface area contributed by atoms with E-state index in [1.807, 2.05) is 0 Å². The molecule has 0 aliphatic heterocycles. The summed E-state index contributed by atoms with van der Waals surface area (Å²) < 4.78 is 8.82. The molecular weight excluding hydrogens is 199 g/mol. The number of halogens is 2. The zero-order chi connectivity index (χ0) is 10.4. The first kappa shape index (κ1) is 15.0. The van der Waals surface area contributed by atoms with Gasteiger partial charge in [0, 0.05) is 0 Å². The van der Waals surface area contributed by atoms with E-state index < -0.39 is 0 Å². The van der Waals surface area contributed by atoms with Crippen LogP contribution < -0.4 is 0 Å². The summed E-state index contributed by atoms with van der Waals surface area (Å²) in [6.07, 6.45) is 0. The van der Waals surface area contributed by atoms with Gasteiger partial charge in [0.25, 0.3) is 0 Å². The van der Waals surface area contributed by atoms with Gasteiger partial charge in [-0.2, -0.15) is 3.84 Å². The molecule has 0 aromatic rings. The normalized spacial score (nSPS) is 12.0. The summed E-state index contributed by atoms with van der Waals surface area (Å²) in [7, 11) is 0. The first-order chi connectivity index (χ1) is 5.12. The predicted octanol–water partition coefficient (Wildman–Crippen LogP) is 3.91. The van der Waals surface area contributed by atoms with Gasteiger partial charge in [-0.1, -0.05) is 0 Å². The molecule has 0 heterocycles. The third kappa shape index (κ3) is 22.4. The molecule has 76 valence electrons. The maximum absolute atomic E-state index is 5.62. The second-order valence-electron chi connectivity index (χ2n) is 4.39. The van der Waals surface area contributed by atoms with E-state index in [4.69, 9.17) is 4.74 Å². The van der Waals surface area contributed by atoms with Crippen molar-refractivity contribution in [2.24, 2.45) is 0 Å². The van der Waals surface area contributed by atoms with E-state index in [0.717, 1.165) is 0 Å². The molecule has 0 aromatic heterocycles. The molecule has 12 heavy (non-hydrogen) atoms. The summed E-state index contributed by atoms with van der Waals surface area (Å²) >= 11 is 8.53. The lowest BCUT2D eigenvalue weighted by atomic mass is 10.1. The highest BCUT2D eigenvalue weighted by Crippen LogP contribution is 2.17. The first-order valence-electron chi connectivity index (χ1n) is 3.72. The summed E-state index contributed by atoms with van der Waals surface area (Å²) in [4.78, 5) is 0. The fourth-order valence-corrected chi connectivity index (χ4v) is 0.919. The van der Waals surface area contributed by atoms with E-state index in [0.29, 0.717) is 0 Å². The van der Waals surface area contributed by atoms with E-state index in [1.54, 1.807) is 0 Å². The Morgan fingerprint density at radius 2 is 0.917 bits per heavy atom. The van der Waals surface area contributed by atoms with Crippen molar-refractivity contribution in [1.82, 2.24) is 0 Å². The zero-order valence-electron chi connectivity index (χ0n) is 8.57. The van der Waals surface area contributed by atoms with Crippen molar-refractivity contribution in [1.29, 1.82) is 0 Å². The Hall–Kier alpha value is 0.500. The van der Waals surface area contributed by atoms with Crippen molar-refractivity contribution < 1.29 is 8.58 Å². The molecule has 4 heteroatoms. The van der Waals surface area contributed by atoms with Crippen molar-refractivity contribution in [2.45, 2.75) is 52.7 Å². The van der Waals surface area contributed by atoms with Crippen LogP contribution in [0, 0.1) is 0 Å². The van der Waals surface area contributed by atoms with E-state index in [2.05, 4.69) is 69.1 Å². The third-order valence-corrected chi connectivity index (χ3v) is 0.612. The Morgan fingerprint density at radius 1 is 0.750 bits per heavy atom. The largest absolute Gasteiger partial charge is 0.370 e. The average molecular weight is 217 g/mol. The second kappa shape index (κ2) is 6.03. The number of hydrogen-bond donors (Lipinski definition) is 0. The van der Waals surface area contributed by atoms with Gasteiger partial charge in [-0.25, -0.2) is 0 Å². The van der Waals surface area contributed by atoms with Crippen molar-refractivity contribution in [2.75, 3.05) is 0 Å². The van der Waals surface area contributed by atoms with Crippen LogP contribution in [0.1, 0.15) is 41.5 Å². The van der Waals surface area contributed by atoms with Crippen LogP contribution in [0.4, 0.5) is 0 Å². The molecule has 0 bridgehead atoms. The molecule has 0 aromatic carbocycles. The monoisotopic (exact) mass is 216 g/mol. The summed E-state index contributed by atoms with van der Waals surface area (Å²) in [6.45, 7) is 12.4. The van der Waals surface area contributed by atoms with Crippen LogP contribution in [0.2, 0.25) is 0 Å². The van der Waals surface area contributed by atoms with Gasteiger partial charge in [0.15, 0.2) is 0 Å². The lowest BCUT2D eigenvalue weighted by molar-refractivity contribution is -0.102. The summed E-state index contributed by atoms with van der Waals surface area (Å²) in [5, 5.41) is 0. The maximum atomic E-state index is 5.62. The van der Waals surface area contributed by atoms with Gasteiger partial charge in [-0.05, 0) is 41.5 Å². The lowest BCUT2D eigenvalue weighted by Gasteiger charge is -2.30. The van der Waals surface area contributed by atoms with Gasteiger partial charge in [0.2, 0.25) is 0 Å². The number of ether oxygens (including phenoxy) is 1. The Balaban J connectivity index is 0. The molecule has 0 rings (SSSR count). The van der Waals surface area contributed by atoms with Gasteiger partial charge in [-0.3, -0.25) is 0 Å². The minimum absolute atomic E-state index is 0.0156. The molecule has 0 amide bonds. The molecule has 0 radical (unpaired) electrons. The van der Waals surface area contributed by atoms with Crippen LogP contribution in [-0.4, -0.2) is 11.2 Å². The van der Waals surface area contributed by atoms with Gasteiger partial charge in [0.05, 0.1) is 34.9 Å². The van der Waals surface area contributed by atoms with Gasteiger partial charge < -0.3 is 4.74 Å². The molecule has 0 fully saturated rings. The topological polar surface area (TPSA) is 18.5 Å². The Morgan fingerprint density at radius 3 is 0.917 bits per heavy atom. The minimum Gasteiger partial charge on any atom is -0.370 e. The third-order valence-electron chi connectivity index (χ3n) is 0.612. The summed E-state index contributed by atoms with van der Waals surface area (Å²) in [5.74, 6) is 0. The molecule has 0 saturated carbocycles. The van der Waals surface area contributed by atoms with Crippen LogP contribution >= 0.6 is 23.7 Å². The smallest absolute Gasteiger partial charge is 0.0832 e. The maximum Gasteiger partial charge on any atom is 0.0832 e. The van der Waals surface area contributed by atoms with Crippen molar-refractivity contribution in [3.05, 3.63) is 0 Å². The van der Waals surface area contributed by atoms with E-state index in [1.165, 1.54) is 0 Å². The van der Waals surface area contributed by atoms with Crippen LogP contribution in [0.3, 0.4) is 0 Å². The lowest BCUT2D eigenvalue weighted by Crippen LogP contribution is -2.31. The second-order valence-corrected chi connectivity index (χ2v) is 4.85. The van der Waals surface area contributed by atoms with Crippen molar-refractivity contribution >= 4 is 23.7 Å². The molecule has 0 aliphatic rings. The van der Waals surface area contributed by atoms with Gasteiger partial charge in [0.1, 0.15) is 0 Å². The average Bonchev–Trinajstić information content (AvgIpc) is 1.53. The fourth-order valence-electron chi connectivity index (χ4n) is 0.919. The van der Waals surface area contributed by atoms with Gasteiger partial charge in [-0.15, -0.1) is 0 Å². The molecule has 0 saturated heterocycles. The summed E-state index contributed by atoms with van der Waals surface area (Å²) in [5.41, 5.74) is -0.0312. The highest BCUT2D eigenvalue weighted by molar-refractivity contribution is 6.24. The van der Waals surface area contributed by atoms with Crippen LogP contribution in [-0.2, 0) is 8.58 Å². The zero-order valence-corrected chi connectivity index (χ0v) is 10.1. The van der Waals surface area contributed by atoms with E-state index in [9.17, 15) is 0 Å². The Labute approximate surface area is 85.5 Å². The van der Waals surface area contributed by atoms with Crippen LogP contribution in [0.5, 0.6) is 0 Å². The molecular formula is C8H18Cl2O2. The highest BCUT2D eigenvalue weighted by Gasteiger charge is 2.19. The van der Waals surface area contributed by atoms with Crippen LogP contribution in [0.25, 0.3) is 0 Å². The first-order valence-corrected chi connectivity index (χ1v) is 4.33. The molecule has 0 N–H and O–H groups in total.